The molecule has 2 aromatic heterocycles. The number of nitrogens with zero attached hydrogens (tertiary/aromatic N) is 3. The molecule has 10 heteroatoms. The van der Waals surface area contributed by atoms with Crippen LogP contribution in [0.1, 0.15) is 47.8 Å². The Labute approximate surface area is 229 Å². The van der Waals surface area contributed by atoms with Gasteiger partial charge in [-0.05, 0) is 67.0 Å². The topological polar surface area (TPSA) is 83.4 Å². The number of phenolic OH excluding ortho intramolecular Hbond substituents is 1. The first-order valence-corrected chi connectivity index (χ1v) is 13.7. The normalized spacial score (nSPS) is 14.3. The fourth-order valence-corrected chi connectivity index (χ4v) is 6.31. The van der Waals surface area contributed by atoms with Crippen molar-refractivity contribution in [3.8, 4) is 5.75 Å². The molecule has 36 heavy (non-hydrogen) atoms. The molecule has 0 radical (unpaired) electrons. The summed E-state index contributed by atoms with van der Waals surface area (Å²) in [7, 11) is 1.97. The van der Waals surface area contributed by atoms with Gasteiger partial charge in [0.2, 0.25) is 0 Å². The number of rotatable bonds is 7. The van der Waals surface area contributed by atoms with Crippen LogP contribution in [0.3, 0.4) is 0 Å². The molecule has 3 heterocycles. The van der Waals surface area contributed by atoms with Gasteiger partial charge in [-0.2, -0.15) is 0 Å². The largest absolute Gasteiger partial charge is 0.506 e. The number of aromatic hydroxyl groups is 1. The van der Waals surface area contributed by atoms with Gasteiger partial charge in [0.05, 0.1) is 33.2 Å². The number of aromatic nitrogens is 3. The van der Waals surface area contributed by atoms with E-state index in [0.717, 1.165) is 64.3 Å². The van der Waals surface area contributed by atoms with Crippen LogP contribution in [-0.2, 0) is 24.1 Å². The van der Waals surface area contributed by atoms with Gasteiger partial charge in [-0.25, -0.2) is 9.78 Å². The van der Waals surface area contributed by atoms with E-state index >= 15 is 0 Å². The van der Waals surface area contributed by atoms with Crippen molar-refractivity contribution in [2.75, 3.05) is 19.7 Å². The second-order valence-corrected chi connectivity index (χ2v) is 10.7. The maximum atomic E-state index is 13.3. The first-order chi connectivity index (χ1) is 17.0. The van der Waals surface area contributed by atoms with E-state index in [0.29, 0.717) is 22.3 Å². The number of aryl methyl sites for hydroxylation is 1. The smallest absolute Gasteiger partial charge is 0.340 e. The number of ether oxygens (including phenoxy) is 1. The van der Waals surface area contributed by atoms with E-state index in [1.54, 1.807) is 11.8 Å². The molecule has 0 unspecified atom stereocenters. The van der Waals surface area contributed by atoms with Crippen LogP contribution in [0.5, 0.6) is 5.75 Å². The Hall–Kier alpha value is -2.20. The van der Waals surface area contributed by atoms with Crippen LogP contribution in [0.15, 0.2) is 40.0 Å². The van der Waals surface area contributed by atoms with Gasteiger partial charge < -0.3 is 19.4 Å². The molecule has 0 bridgehead atoms. The van der Waals surface area contributed by atoms with Crippen molar-refractivity contribution in [1.82, 2.24) is 19.4 Å². The van der Waals surface area contributed by atoms with Crippen LogP contribution in [0.4, 0.5) is 0 Å². The molecule has 1 saturated heterocycles. The molecule has 1 fully saturated rings. The predicted octanol–water partition coefficient (Wildman–Crippen LogP) is 6.40. The Morgan fingerprint density at radius 2 is 2.00 bits per heavy atom. The predicted molar refractivity (Wildman–Crippen MR) is 150 cm³/mol. The summed E-state index contributed by atoms with van der Waals surface area (Å²) in [4.78, 5) is 23.7. The van der Waals surface area contributed by atoms with Gasteiger partial charge in [-0.3, -0.25) is 4.90 Å². The molecule has 0 aliphatic carbocycles. The molecule has 7 nitrogen and oxygen atoms in total. The number of imidazole rings is 1. The molecule has 2 aromatic carbocycles. The summed E-state index contributed by atoms with van der Waals surface area (Å²) in [5, 5.41) is 12.7. The number of H-pyrrole nitrogens is 1. The fraction of sp³-hybridized carbons (Fsp3) is 0.385. The van der Waals surface area contributed by atoms with E-state index in [1.165, 1.54) is 6.42 Å². The Morgan fingerprint density at radius 1 is 1.25 bits per heavy atom. The van der Waals surface area contributed by atoms with Crippen molar-refractivity contribution in [2.45, 2.75) is 43.6 Å². The molecule has 192 valence electrons. The number of phenols is 1. The van der Waals surface area contributed by atoms with Crippen LogP contribution in [0, 0.1) is 0 Å². The van der Waals surface area contributed by atoms with Crippen LogP contribution in [-0.4, -0.2) is 50.2 Å². The molecule has 1 aliphatic rings. The van der Waals surface area contributed by atoms with E-state index in [9.17, 15) is 9.90 Å². The average molecular weight is 594 g/mol. The number of hydrogen-bond donors (Lipinski definition) is 2. The number of nitrogens with one attached hydrogen (secondary N) is 1. The SMILES string of the molecule is CCOC(=O)c1c(CSc2nc3ccccc3[nH]2)n(C)c2cc(Br)c(O)c(CN3CCCCC3)c12.Cl. The first-order valence-electron chi connectivity index (χ1n) is 12.0. The minimum atomic E-state index is -0.361. The Balaban J connectivity index is 0.00000304. The second kappa shape index (κ2) is 11.5. The number of piperidine rings is 1. The van der Waals surface area contributed by atoms with Crippen molar-refractivity contribution in [3.63, 3.8) is 0 Å². The van der Waals surface area contributed by atoms with Crippen LogP contribution in [0.2, 0.25) is 0 Å². The summed E-state index contributed by atoms with van der Waals surface area (Å²) in [6.45, 7) is 4.67. The van der Waals surface area contributed by atoms with Gasteiger partial charge in [-0.15, -0.1) is 12.4 Å². The van der Waals surface area contributed by atoms with Gasteiger partial charge in [0.15, 0.2) is 5.16 Å². The lowest BCUT2D eigenvalue weighted by Crippen LogP contribution is -2.29. The molecule has 1 aliphatic heterocycles. The Morgan fingerprint density at radius 3 is 2.72 bits per heavy atom. The maximum Gasteiger partial charge on any atom is 0.340 e. The van der Waals surface area contributed by atoms with E-state index in [4.69, 9.17) is 4.74 Å². The summed E-state index contributed by atoms with van der Waals surface area (Å²) in [5.41, 5.74) is 4.94. The van der Waals surface area contributed by atoms with E-state index in [1.807, 2.05) is 48.9 Å². The third kappa shape index (κ3) is 5.11. The second-order valence-electron chi connectivity index (χ2n) is 8.87. The third-order valence-electron chi connectivity index (χ3n) is 6.66. The van der Waals surface area contributed by atoms with Gasteiger partial charge >= 0.3 is 5.97 Å². The van der Waals surface area contributed by atoms with Gasteiger partial charge in [0.1, 0.15) is 5.75 Å². The van der Waals surface area contributed by atoms with E-state index in [-0.39, 0.29) is 30.7 Å². The summed E-state index contributed by atoms with van der Waals surface area (Å²) < 4.78 is 8.19. The standard InChI is InChI=1S/C26H29BrN4O3S.ClH/c1-3-34-25(33)23-21(15-35-26-28-18-9-5-6-10-19(18)29-26)30(2)20-13-17(27)24(32)16(22(20)23)14-31-11-7-4-8-12-31;/h5-6,9-10,13,32H,3-4,7-8,11-12,14-15H2,1-2H3,(H,28,29);1H. The number of benzene rings is 2. The molecule has 2 N–H and O–H groups in total. The number of likely N-dealkylation sites (tertiary alicyclic amines) is 1. The van der Waals surface area contributed by atoms with Crippen molar-refractivity contribution in [3.05, 3.63) is 51.6 Å². The quantitative estimate of drug-likeness (QED) is 0.191. The molecule has 0 spiro atoms. The molecule has 0 saturated carbocycles. The van der Waals surface area contributed by atoms with Crippen molar-refractivity contribution >= 4 is 68.0 Å². The first kappa shape index (κ1) is 26.9. The Bertz CT molecular complexity index is 1360. The van der Waals surface area contributed by atoms with Crippen molar-refractivity contribution in [1.29, 1.82) is 0 Å². The summed E-state index contributed by atoms with van der Waals surface area (Å²) in [6, 6.07) is 9.81. The molecule has 5 rings (SSSR count). The highest BCUT2D eigenvalue weighted by atomic mass is 79.9. The van der Waals surface area contributed by atoms with E-state index < -0.39 is 0 Å². The molecule has 0 amide bonds. The number of para-hydroxylation sites is 2. The Kier molecular flexibility index (Phi) is 8.55. The number of fused-ring (bicyclic) bond motifs is 2. The maximum absolute atomic E-state index is 13.3. The highest BCUT2D eigenvalue weighted by molar-refractivity contribution is 9.10. The van der Waals surface area contributed by atoms with Crippen molar-refractivity contribution < 1.29 is 14.6 Å². The minimum absolute atomic E-state index is 0. The fourth-order valence-electron chi connectivity index (χ4n) is 4.90. The number of hydrogen-bond acceptors (Lipinski definition) is 6. The highest BCUT2D eigenvalue weighted by Gasteiger charge is 2.28. The lowest BCUT2D eigenvalue weighted by molar-refractivity contribution is 0.0527. The lowest BCUT2D eigenvalue weighted by atomic mass is 10.0. The monoisotopic (exact) mass is 592 g/mol. The summed E-state index contributed by atoms with van der Waals surface area (Å²) in [5.74, 6) is 0.358. The van der Waals surface area contributed by atoms with Crippen molar-refractivity contribution in [2.24, 2.45) is 7.05 Å². The number of thioether (sulfide) groups is 1. The number of aromatic amines is 1. The van der Waals surface area contributed by atoms with Crippen LogP contribution >= 0.6 is 40.1 Å². The number of carbonyl (C=O) groups is 1. The molecular weight excluding hydrogens is 564 g/mol. The lowest BCUT2D eigenvalue weighted by Gasteiger charge is -2.27. The zero-order valence-electron chi connectivity index (χ0n) is 20.3. The molecule has 4 aromatic rings. The zero-order chi connectivity index (χ0) is 24.5. The summed E-state index contributed by atoms with van der Waals surface area (Å²) >= 11 is 5.09. The average Bonchev–Trinajstić information content (AvgIpc) is 3.40. The number of esters is 1. The minimum Gasteiger partial charge on any atom is -0.506 e. The van der Waals surface area contributed by atoms with Crippen LogP contribution < -0.4 is 0 Å². The third-order valence-corrected chi connectivity index (χ3v) is 8.15. The number of carbonyl (C=O) groups excluding carboxylic acids is 1. The van der Waals surface area contributed by atoms with Crippen LogP contribution in [0.25, 0.3) is 21.9 Å². The molecule has 0 atom stereocenters. The molecular formula is C26H30BrClN4O3S. The number of halogens is 2. The van der Waals surface area contributed by atoms with E-state index in [2.05, 4.69) is 30.8 Å². The summed E-state index contributed by atoms with van der Waals surface area (Å²) in [6.07, 6.45) is 3.53. The zero-order valence-corrected chi connectivity index (χ0v) is 23.6. The van der Waals surface area contributed by atoms with Gasteiger partial charge in [0.25, 0.3) is 0 Å². The van der Waals surface area contributed by atoms with Gasteiger partial charge in [-0.1, -0.05) is 30.3 Å². The highest BCUT2D eigenvalue weighted by Crippen LogP contribution is 2.41. The van der Waals surface area contributed by atoms with Gasteiger partial charge in [0, 0.05) is 36.0 Å².